The minimum atomic E-state index is -0.300. The Balaban J connectivity index is 2.07. The fraction of sp³-hybridized carbons (Fsp3) is 0.600. The van der Waals surface area contributed by atoms with E-state index >= 15 is 0 Å². The summed E-state index contributed by atoms with van der Waals surface area (Å²) in [5.41, 5.74) is 0.865. The molecule has 0 fully saturated rings. The molecule has 0 spiro atoms. The van der Waals surface area contributed by atoms with Gasteiger partial charge in [-0.25, -0.2) is 0 Å². The van der Waals surface area contributed by atoms with Crippen LogP contribution in [0.4, 0.5) is 0 Å². The summed E-state index contributed by atoms with van der Waals surface area (Å²) in [6.07, 6.45) is 7.55. The van der Waals surface area contributed by atoms with Crippen LogP contribution < -0.4 is 4.74 Å². The second-order valence-electron chi connectivity index (χ2n) is 6.23. The van der Waals surface area contributed by atoms with Crippen LogP contribution in [0.15, 0.2) is 18.2 Å². The maximum atomic E-state index is 11.8. The van der Waals surface area contributed by atoms with Crippen LogP contribution in [0.2, 0.25) is 5.02 Å². The minimum Gasteiger partial charge on any atom is -0.466 e. The topological polar surface area (TPSA) is 52.6 Å². The summed E-state index contributed by atoms with van der Waals surface area (Å²) in [5.74, 6) is 0.0116. The molecule has 0 aliphatic carbocycles. The molecule has 0 bridgehead atoms. The molecule has 0 amide bonds. The summed E-state index contributed by atoms with van der Waals surface area (Å²) < 4.78 is 10.4. The lowest BCUT2D eigenvalue weighted by Gasteiger charge is -2.06. The van der Waals surface area contributed by atoms with E-state index in [-0.39, 0.29) is 18.4 Å². The number of carbonyl (C=O) groups is 2. The SMILES string of the molecule is CCCCCCCOC(=O)CCCCC(=O)Oc1ccc(Cl)c(C)c1. The first-order valence-electron chi connectivity index (χ1n) is 9.15. The van der Waals surface area contributed by atoms with E-state index in [0.29, 0.717) is 36.6 Å². The molecule has 25 heavy (non-hydrogen) atoms. The third-order valence-corrected chi connectivity index (χ3v) is 4.31. The van der Waals surface area contributed by atoms with Crippen molar-refractivity contribution in [2.24, 2.45) is 0 Å². The lowest BCUT2D eigenvalue weighted by Crippen LogP contribution is -2.09. The molecule has 140 valence electrons. The van der Waals surface area contributed by atoms with Crippen molar-refractivity contribution in [2.45, 2.75) is 71.6 Å². The molecular weight excluding hydrogens is 340 g/mol. The predicted octanol–water partition coefficient (Wildman–Crippen LogP) is 5.63. The van der Waals surface area contributed by atoms with E-state index in [1.54, 1.807) is 18.2 Å². The van der Waals surface area contributed by atoms with E-state index in [1.165, 1.54) is 19.3 Å². The monoisotopic (exact) mass is 368 g/mol. The molecule has 0 saturated carbocycles. The van der Waals surface area contributed by atoms with Gasteiger partial charge in [0.25, 0.3) is 0 Å². The number of rotatable bonds is 12. The highest BCUT2D eigenvalue weighted by Gasteiger charge is 2.08. The van der Waals surface area contributed by atoms with Crippen LogP contribution in [0.3, 0.4) is 0 Å². The molecule has 1 rings (SSSR count). The summed E-state index contributed by atoms with van der Waals surface area (Å²) in [6, 6.07) is 5.11. The molecule has 4 nitrogen and oxygen atoms in total. The first-order valence-corrected chi connectivity index (χ1v) is 9.53. The molecular formula is C20H29ClO4. The lowest BCUT2D eigenvalue weighted by molar-refractivity contribution is -0.144. The van der Waals surface area contributed by atoms with E-state index < -0.39 is 0 Å². The number of unbranched alkanes of at least 4 members (excludes halogenated alkanes) is 5. The largest absolute Gasteiger partial charge is 0.466 e. The molecule has 0 radical (unpaired) electrons. The minimum absolute atomic E-state index is 0.183. The van der Waals surface area contributed by atoms with Crippen LogP contribution in [-0.2, 0) is 14.3 Å². The Morgan fingerprint density at radius 3 is 2.32 bits per heavy atom. The Morgan fingerprint density at radius 2 is 1.64 bits per heavy atom. The summed E-state index contributed by atoms with van der Waals surface area (Å²) in [7, 11) is 0. The van der Waals surface area contributed by atoms with E-state index in [9.17, 15) is 9.59 Å². The summed E-state index contributed by atoms with van der Waals surface area (Å²) in [5, 5.41) is 0.642. The summed E-state index contributed by atoms with van der Waals surface area (Å²) in [6.45, 7) is 4.53. The average Bonchev–Trinajstić information content (AvgIpc) is 2.58. The van der Waals surface area contributed by atoms with E-state index in [2.05, 4.69) is 6.92 Å². The van der Waals surface area contributed by atoms with Crippen LogP contribution >= 0.6 is 11.6 Å². The number of hydrogen-bond donors (Lipinski definition) is 0. The molecule has 0 aliphatic heterocycles. The van der Waals surface area contributed by atoms with Crippen molar-refractivity contribution in [3.05, 3.63) is 28.8 Å². The Bertz CT molecular complexity index is 542. The third kappa shape index (κ3) is 10.1. The van der Waals surface area contributed by atoms with Gasteiger partial charge in [0, 0.05) is 17.9 Å². The van der Waals surface area contributed by atoms with Gasteiger partial charge < -0.3 is 9.47 Å². The normalized spacial score (nSPS) is 10.5. The van der Waals surface area contributed by atoms with Gasteiger partial charge in [-0.05, 0) is 49.9 Å². The van der Waals surface area contributed by atoms with Gasteiger partial charge in [0.05, 0.1) is 6.61 Å². The van der Waals surface area contributed by atoms with Crippen LogP contribution in [0.1, 0.15) is 70.3 Å². The second kappa shape index (κ2) is 12.8. The van der Waals surface area contributed by atoms with E-state index in [0.717, 1.165) is 18.4 Å². The van der Waals surface area contributed by atoms with Crippen molar-refractivity contribution in [3.8, 4) is 5.75 Å². The molecule has 0 aliphatic rings. The number of benzene rings is 1. The number of aryl methyl sites for hydroxylation is 1. The van der Waals surface area contributed by atoms with Crippen LogP contribution in [0.25, 0.3) is 0 Å². The fourth-order valence-corrected chi connectivity index (χ4v) is 2.48. The highest BCUT2D eigenvalue weighted by molar-refractivity contribution is 6.31. The molecule has 0 atom stereocenters. The van der Waals surface area contributed by atoms with Gasteiger partial charge in [-0.1, -0.05) is 44.2 Å². The number of carbonyl (C=O) groups excluding carboxylic acids is 2. The standard InChI is InChI=1S/C20H29ClO4/c1-3-4-5-6-9-14-24-19(22)10-7-8-11-20(23)25-17-12-13-18(21)16(2)15-17/h12-13,15H,3-11,14H2,1-2H3. The van der Waals surface area contributed by atoms with Crippen LogP contribution in [0, 0.1) is 6.92 Å². The molecule has 0 unspecified atom stereocenters. The van der Waals surface area contributed by atoms with Gasteiger partial charge in [-0.2, -0.15) is 0 Å². The lowest BCUT2D eigenvalue weighted by atomic mass is 10.2. The Kier molecular flexibility index (Phi) is 11.0. The quantitative estimate of drug-likeness (QED) is 0.272. The Hall–Kier alpha value is -1.55. The molecule has 1 aromatic carbocycles. The van der Waals surface area contributed by atoms with Crippen molar-refractivity contribution in [1.29, 1.82) is 0 Å². The Labute approximate surface area is 155 Å². The molecule has 5 heteroatoms. The van der Waals surface area contributed by atoms with Gasteiger partial charge in [-0.15, -0.1) is 0 Å². The van der Waals surface area contributed by atoms with Crippen molar-refractivity contribution in [2.75, 3.05) is 6.61 Å². The number of ether oxygens (including phenoxy) is 2. The number of halogens is 1. The zero-order valence-electron chi connectivity index (χ0n) is 15.3. The van der Waals surface area contributed by atoms with Crippen LogP contribution in [-0.4, -0.2) is 18.5 Å². The van der Waals surface area contributed by atoms with Gasteiger partial charge in [0.2, 0.25) is 0 Å². The average molecular weight is 369 g/mol. The third-order valence-electron chi connectivity index (χ3n) is 3.88. The second-order valence-corrected chi connectivity index (χ2v) is 6.63. The zero-order chi connectivity index (χ0) is 18.5. The summed E-state index contributed by atoms with van der Waals surface area (Å²) >= 11 is 5.93. The molecule has 0 aromatic heterocycles. The first-order chi connectivity index (χ1) is 12.0. The Morgan fingerprint density at radius 1 is 0.960 bits per heavy atom. The van der Waals surface area contributed by atoms with Crippen molar-refractivity contribution in [1.82, 2.24) is 0 Å². The summed E-state index contributed by atoms with van der Waals surface area (Å²) in [4.78, 5) is 23.4. The van der Waals surface area contributed by atoms with Crippen LogP contribution in [0.5, 0.6) is 5.75 Å². The molecule has 0 saturated heterocycles. The highest BCUT2D eigenvalue weighted by atomic mass is 35.5. The van der Waals surface area contributed by atoms with Gasteiger partial charge >= 0.3 is 11.9 Å². The van der Waals surface area contributed by atoms with E-state index in [1.807, 2.05) is 6.92 Å². The number of hydrogen-bond acceptors (Lipinski definition) is 4. The maximum absolute atomic E-state index is 11.8. The zero-order valence-corrected chi connectivity index (χ0v) is 16.1. The van der Waals surface area contributed by atoms with Gasteiger partial charge in [0.15, 0.2) is 0 Å². The predicted molar refractivity (Wildman–Crippen MR) is 100 cm³/mol. The van der Waals surface area contributed by atoms with Gasteiger partial charge in [0.1, 0.15) is 5.75 Å². The van der Waals surface area contributed by atoms with Gasteiger partial charge in [-0.3, -0.25) is 9.59 Å². The molecule has 0 heterocycles. The molecule has 0 N–H and O–H groups in total. The van der Waals surface area contributed by atoms with Crippen molar-refractivity contribution < 1.29 is 19.1 Å². The number of esters is 2. The maximum Gasteiger partial charge on any atom is 0.311 e. The fourth-order valence-electron chi connectivity index (χ4n) is 2.37. The highest BCUT2D eigenvalue weighted by Crippen LogP contribution is 2.21. The van der Waals surface area contributed by atoms with Crippen molar-refractivity contribution >= 4 is 23.5 Å². The van der Waals surface area contributed by atoms with Crippen molar-refractivity contribution in [3.63, 3.8) is 0 Å². The first kappa shape index (κ1) is 21.5. The molecule has 1 aromatic rings. The van der Waals surface area contributed by atoms with E-state index in [4.69, 9.17) is 21.1 Å². The smallest absolute Gasteiger partial charge is 0.311 e.